The molecule has 0 spiro atoms. The second-order valence-corrected chi connectivity index (χ2v) is 3.91. The summed E-state index contributed by atoms with van der Waals surface area (Å²) in [7, 11) is 1.64. The zero-order valence-electron chi connectivity index (χ0n) is 11.6. The standard InChI is InChI=1S/C13H22N2O4/c1-11-3-4-12(14)13(15-11)19-10-9-18-8-7-17-6-5-16-2/h3-4H,5-10,14H2,1-2H3. The van der Waals surface area contributed by atoms with Crippen molar-refractivity contribution in [1.82, 2.24) is 4.98 Å². The van der Waals surface area contributed by atoms with Gasteiger partial charge in [-0.05, 0) is 19.1 Å². The van der Waals surface area contributed by atoms with Gasteiger partial charge in [-0.25, -0.2) is 4.98 Å². The Hall–Kier alpha value is -1.37. The fraction of sp³-hybridized carbons (Fsp3) is 0.615. The number of ether oxygens (including phenoxy) is 4. The monoisotopic (exact) mass is 270 g/mol. The second-order valence-electron chi connectivity index (χ2n) is 3.91. The molecule has 0 unspecified atom stereocenters. The van der Waals surface area contributed by atoms with Crippen LogP contribution in [-0.2, 0) is 14.2 Å². The third kappa shape index (κ3) is 6.95. The smallest absolute Gasteiger partial charge is 0.237 e. The van der Waals surface area contributed by atoms with Gasteiger partial charge in [-0.15, -0.1) is 0 Å². The maximum Gasteiger partial charge on any atom is 0.237 e. The van der Waals surface area contributed by atoms with Gasteiger partial charge < -0.3 is 24.7 Å². The zero-order chi connectivity index (χ0) is 13.9. The van der Waals surface area contributed by atoms with Gasteiger partial charge in [0.15, 0.2) is 0 Å². The van der Waals surface area contributed by atoms with Crippen LogP contribution < -0.4 is 10.5 Å². The molecule has 0 fully saturated rings. The summed E-state index contributed by atoms with van der Waals surface area (Å²) in [6.07, 6.45) is 0. The number of aryl methyl sites for hydroxylation is 1. The lowest BCUT2D eigenvalue weighted by molar-refractivity contribution is 0.0177. The Morgan fingerprint density at radius 3 is 2.32 bits per heavy atom. The van der Waals surface area contributed by atoms with E-state index in [4.69, 9.17) is 24.7 Å². The van der Waals surface area contributed by atoms with Gasteiger partial charge in [0.05, 0.1) is 38.7 Å². The number of aromatic nitrogens is 1. The lowest BCUT2D eigenvalue weighted by Crippen LogP contribution is -2.13. The number of nitrogens with two attached hydrogens (primary N) is 1. The molecule has 6 heteroatoms. The fourth-order valence-corrected chi connectivity index (χ4v) is 1.32. The average molecular weight is 270 g/mol. The first-order valence-corrected chi connectivity index (χ1v) is 6.24. The molecule has 0 amide bonds. The first kappa shape index (κ1) is 15.7. The lowest BCUT2D eigenvalue weighted by atomic mass is 10.3. The average Bonchev–Trinajstić information content (AvgIpc) is 2.40. The first-order chi connectivity index (χ1) is 9.24. The van der Waals surface area contributed by atoms with E-state index in [1.807, 2.05) is 13.0 Å². The van der Waals surface area contributed by atoms with Gasteiger partial charge in [0, 0.05) is 12.8 Å². The van der Waals surface area contributed by atoms with Crippen LogP contribution in [0.15, 0.2) is 12.1 Å². The van der Waals surface area contributed by atoms with Crippen LogP contribution in [0.4, 0.5) is 5.69 Å². The SMILES string of the molecule is COCCOCCOCCOc1nc(C)ccc1N. The molecule has 0 aliphatic rings. The molecule has 0 aliphatic heterocycles. The van der Waals surface area contributed by atoms with Crippen LogP contribution in [0.25, 0.3) is 0 Å². The van der Waals surface area contributed by atoms with Gasteiger partial charge in [0.1, 0.15) is 6.61 Å². The van der Waals surface area contributed by atoms with Crippen LogP contribution in [-0.4, -0.2) is 51.7 Å². The van der Waals surface area contributed by atoms with Gasteiger partial charge in [0.25, 0.3) is 0 Å². The highest BCUT2D eigenvalue weighted by Crippen LogP contribution is 2.17. The summed E-state index contributed by atoms with van der Waals surface area (Å²) in [6, 6.07) is 3.62. The van der Waals surface area contributed by atoms with Crippen molar-refractivity contribution < 1.29 is 18.9 Å². The van der Waals surface area contributed by atoms with E-state index in [1.54, 1.807) is 13.2 Å². The summed E-state index contributed by atoms with van der Waals surface area (Å²) in [5.41, 5.74) is 7.15. The minimum absolute atomic E-state index is 0.415. The van der Waals surface area contributed by atoms with Gasteiger partial charge in [-0.2, -0.15) is 0 Å². The molecule has 0 bridgehead atoms. The molecular weight excluding hydrogens is 248 g/mol. The minimum atomic E-state index is 0.415. The maximum atomic E-state index is 5.74. The van der Waals surface area contributed by atoms with E-state index in [1.165, 1.54) is 0 Å². The molecule has 1 aromatic heterocycles. The lowest BCUT2D eigenvalue weighted by Gasteiger charge is -2.09. The molecule has 1 heterocycles. The Balaban J connectivity index is 2.03. The maximum absolute atomic E-state index is 5.74. The number of hydrogen-bond acceptors (Lipinski definition) is 6. The third-order valence-electron chi connectivity index (χ3n) is 2.30. The van der Waals surface area contributed by atoms with Crippen molar-refractivity contribution in [1.29, 1.82) is 0 Å². The largest absolute Gasteiger partial charge is 0.474 e. The van der Waals surface area contributed by atoms with Crippen molar-refractivity contribution in [2.75, 3.05) is 52.5 Å². The van der Waals surface area contributed by atoms with Gasteiger partial charge >= 0.3 is 0 Å². The Labute approximate surface area is 113 Å². The highest BCUT2D eigenvalue weighted by molar-refractivity contribution is 5.48. The predicted octanol–water partition coefficient (Wildman–Crippen LogP) is 1.03. The molecule has 6 nitrogen and oxygen atoms in total. The predicted molar refractivity (Wildman–Crippen MR) is 72.4 cm³/mol. The van der Waals surface area contributed by atoms with E-state index in [9.17, 15) is 0 Å². The summed E-state index contributed by atoms with van der Waals surface area (Å²) >= 11 is 0. The van der Waals surface area contributed by atoms with Crippen molar-refractivity contribution in [2.45, 2.75) is 6.92 Å². The van der Waals surface area contributed by atoms with Crippen LogP contribution in [0.5, 0.6) is 5.88 Å². The number of nitrogens with zero attached hydrogens (tertiary/aromatic N) is 1. The third-order valence-corrected chi connectivity index (χ3v) is 2.30. The summed E-state index contributed by atoms with van der Waals surface area (Å²) < 4.78 is 20.9. The van der Waals surface area contributed by atoms with Crippen molar-refractivity contribution >= 4 is 5.69 Å². The summed E-state index contributed by atoms with van der Waals surface area (Å²) in [4.78, 5) is 4.20. The molecule has 108 valence electrons. The van der Waals surface area contributed by atoms with Crippen LogP contribution in [0.3, 0.4) is 0 Å². The molecule has 0 aliphatic carbocycles. The van der Waals surface area contributed by atoms with Crippen molar-refractivity contribution in [2.24, 2.45) is 0 Å². The van der Waals surface area contributed by atoms with Crippen LogP contribution in [0.1, 0.15) is 5.69 Å². The molecule has 0 saturated carbocycles. The Morgan fingerprint density at radius 1 is 1.00 bits per heavy atom. The van der Waals surface area contributed by atoms with Crippen LogP contribution in [0, 0.1) is 6.92 Å². The number of methoxy groups -OCH3 is 1. The van der Waals surface area contributed by atoms with Crippen molar-refractivity contribution in [3.63, 3.8) is 0 Å². The second kappa shape index (κ2) is 9.55. The van der Waals surface area contributed by atoms with Crippen molar-refractivity contribution in [3.8, 4) is 5.88 Å². The van der Waals surface area contributed by atoms with Crippen LogP contribution in [0.2, 0.25) is 0 Å². The molecule has 0 aromatic carbocycles. The number of hydrogen-bond donors (Lipinski definition) is 1. The van der Waals surface area contributed by atoms with Gasteiger partial charge in [-0.1, -0.05) is 0 Å². The number of anilines is 1. The summed E-state index contributed by atoms with van der Waals surface area (Å²) in [6.45, 7) is 5.04. The molecule has 1 rings (SSSR count). The summed E-state index contributed by atoms with van der Waals surface area (Å²) in [5, 5.41) is 0. The fourth-order valence-electron chi connectivity index (χ4n) is 1.32. The van der Waals surface area contributed by atoms with E-state index in [0.717, 1.165) is 5.69 Å². The van der Waals surface area contributed by atoms with E-state index < -0.39 is 0 Å². The Bertz CT molecular complexity index is 360. The molecule has 0 atom stereocenters. The normalized spacial score (nSPS) is 10.6. The van der Waals surface area contributed by atoms with Gasteiger partial charge in [-0.3, -0.25) is 0 Å². The molecule has 0 radical (unpaired) electrons. The zero-order valence-corrected chi connectivity index (χ0v) is 11.6. The molecule has 0 saturated heterocycles. The number of nitrogen functional groups attached to an aromatic ring is 1. The Kier molecular flexibility index (Phi) is 7.88. The molecular formula is C13H22N2O4. The topological polar surface area (TPSA) is 75.8 Å². The van der Waals surface area contributed by atoms with Crippen molar-refractivity contribution in [3.05, 3.63) is 17.8 Å². The van der Waals surface area contributed by atoms with Crippen LogP contribution >= 0.6 is 0 Å². The highest BCUT2D eigenvalue weighted by atomic mass is 16.6. The van der Waals surface area contributed by atoms with Gasteiger partial charge in [0.2, 0.25) is 5.88 Å². The van der Waals surface area contributed by atoms with E-state index in [2.05, 4.69) is 4.98 Å². The molecule has 2 N–H and O–H groups in total. The highest BCUT2D eigenvalue weighted by Gasteiger charge is 2.01. The molecule has 1 aromatic rings. The first-order valence-electron chi connectivity index (χ1n) is 6.24. The van der Waals surface area contributed by atoms with E-state index in [-0.39, 0.29) is 0 Å². The van der Waals surface area contributed by atoms with E-state index in [0.29, 0.717) is 51.2 Å². The van der Waals surface area contributed by atoms with E-state index >= 15 is 0 Å². The summed E-state index contributed by atoms with van der Waals surface area (Å²) in [5.74, 6) is 0.458. The minimum Gasteiger partial charge on any atom is -0.474 e. The number of pyridine rings is 1. The quantitative estimate of drug-likeness (QED) is 0.640. The molecule has 19 heavy (non-hydrogen) atoms. The number of rotatable bonds is 10. The Morgan fingerprint density at radius 2 is 1.63 bits per heavy atom.